The zero-order valence-electron chi connectivity index (χ0n) is 31.2. The second-order valence-electron chi connectivity index (χ2n) is 17.8. The molecule has 3 saturated carbocycles. The van der Waals surface area contributed by atoms with E-state index in [1.807, 2.05) is 20.8 Å². The Balaban J connectivity index is 1.55. The summed E-state index contributed by atoms with van der Waals surface area (Å²) in [5, 5.41) is 11.3. The van der Waals surface area contributed by atoms with E-state index in [-0.39, 0.29) is 23.0 Å². The van der Waals surface area contributed by atoms with Gasteiger partial charge in [-0.05, 0) is 82.0 Å². The summed E-state index contributed by atoms with van der Waals surface area (Å²) in [5.41, 5.74) is -1.90. The molecule has 12 nitrogen and oxygen atoms in total. The number of rotatable bonds is 13. The summed E-state index contributed by atoms with van der Waals surface area (Å²) in [5.74, 6) is -2.05. The lowest BCUT2D eigenvalue weighted by atomic mass is 9.83. The van der Waals surface area contributed by atoms with Gasteiger partial charge in [0.15, 0.2) is 9.84 Å². The molecule has 4 rings (SSSR count). The number of carbonyl (C=O) groups excluding carboxylic acids is 5. The first-order valence-corrected chi connectivity index (χ1v) is 19.9. The van der Waals surface area contributed by atoms with E-state index in [1.54, 1.807) is 32.6 Å². The first-order chi connectivity index (χ1) is 22.5. The number of hydrogen-bond acceptors (Lipinski definition) is 7. The molecule has 4 N–H and O–H groups in total. The molecule has 0 aromatic rings. The molecule has 1 saturated heterocycles. The molecule has 0 aromatic carbocycles. The van der Waals surface area contributed by atoms with Crippen LogP contribution in [0.25, 0.3) is 0 Å². The van der Waals surface area contributed by atoms with Gasteiger partial charge in [-0.15, -0.1) is 0 Å². The number of carbonyl (C=O) groups is 5. The number of hydrogen-bond donors (Lipinski definition) is 4. The predicted molar refractivity (Wildman–Crippen MR) is 188 cm³/mol. The van der Waals surface area contributed by atoms with Gasteiger partial charge in [-0.1, -0.05) is 66.7 Å². The molecule has 3 aliphatic carbocycles. The zero-order valence-corrected chi connectivity index (χ0v) is 32.0. The summed E-state index contributed by atoms with van der Waals surface area (Å²) < 4.78 is 25.6. The third kappa shape index (κ3) is 8.79. The fourth-order valence-corrected chi connectivity index (χ4v) is 9.41. The van der Waals surface area contributed by atoms with Crippen LogP contribution in [0.5, 0.6) is 0 Å². The van der Waals surface area contributed by atoms with Gasteiger partial charge in [0.2, 0.25) is 17.6 Å². The number of piperidine rings is 1. The maximum atomic E-state index is 14.5. The van der Waals surface area contributed by atoms with Crippen molar-refractivity contribution in [1.29, 1.82) is 0 Å². The highest BCUT2D eigenvalue weighted by Crippen LogP contribution is 2.65. The molecule has 5 amide bonds. The number of likely N-dealkylation sites (N-methyl/N-ethyl adjacent to an activating group) is 1. The lowest BCUT2D eigenvalue weighted by molar-refractivity contribution is -0.145. The molecule has 0 aromatic heterocycles. The molecule has 1 heterocycles. The molecular weight excluding hydrogens is 646 g/mol. The topological polar surface area (TPSA) is 171 Å². The predicted octanol–water partition coefficient (Wildman–Crippen LogP) is 3.48. The molecule has 0 spiro atoms. The summed E-state index contributed by atoms with van der Waals surface area (Å²) in [6, 6.07) is -3.49. The van der Waals surface area contributed by atoms with E-state index in [9.17, 15) is 32.4 Å². The van der Waals surface area contributed by atoms with Crippen LogP contribution in [0.4, 0.5) is 4.79 Å². The molecule has 0 radical (unpaired) electrons. The molecule has 13 heteroatoms. The van der Waals surface area contributed by atoms with E-state index in [0.717, 1.165) is 38.5 Å². The molecule has 4 fully saturated rings. The number of ketones is 1. The van der Waals surface area contributed by atoms with Gasteiger partial charge in [-0.3, -0.25) is 19.2 Å². The van der Waals surface area contributed by atoms with Crippen molar-refractivity contribution in [3.8, 4) is 0 Å². The quantitative estimate of drug-likeness (QED) is 0.212. The normalized spacial score (nSPS) is 25.7. The van der Waals surface area contributed by atoms with Crippen molar-refractivity contribution in [2.45, 2.75) is 149 Å². The first-order valence-electron chi connectivity index (χ1n) is 18.3. The van der Waals surface area contributed by atoms with Crippen LogP contribution in [-0.2, 0) is 29.0 Å². The summed E-state index contributed by atoms with van der Waals surface area (Å²) in [6.07, 6.45) is 6.79. The van der Waals surface area contributed by atoms with E-state index < -0.39 is 73.2 Å². The number of amides is 5. The number of nitrogens with one attached hydrogen (secondary N) is 4. The Kier molecular flexibility index (Phi) is 11.3. The average Bonchev–Trinajstić information content (AvgIpc) is 3.84. The fourth-order valence-electron chi connectivity index (χ4n) is 7.89. The number of sulfone groups is 1. The molecular formula is C36H61N5O7S. The summed E-state index contributed by atoms with van der Waals surface area (Å²) in [7, 11) is -3.56. The van der Waals surface area contributed by atoms with Crippen molar-refractivity contribution >= 4 is 39.4 Å². The Morgan fingerprint density at radius 3 is 2.06 bits per heavy atom. The van der Waals surface area contributed by atoms with Gasteiger partial charge in [0.25, 0.3) is 5.91 Å². The van der Waals surface area contributed by atoms with E-state index in [4.69, 9.17) is 0 Å². The number of fused-ring (bicyclic) bond motifs is 1. The lowest BCUT2D eigenvalue weighted by Gasteiger charge is -2.41. The maximum absolute atomic E-state index is 14.5. The Bertz CT molecular complexity index is 1400. The largest absolute Gasteiger partial charge is 0.350 e. The Morgan fingerprint density at radius 1 is 0.918 bits per heavy atom. The molecule has 5 atom stereocenters. The molecule has 4 aliphatic rings. The summed E-state index contributed by atoms with van der Waals surface area (Å²) >= 11 is 0. The van der Waals surface area contributed by atoms with Gasteiger partial charge in [-0.25, -0.2) is 13.2 Å². The van der Waals surface area contributed by atoms with Crippen molar-refractivity contribution in [1.82, 2.24) is 26.2 Å². The molecule has 49 heavy (non-hydrogen) atoms. The van der Waals surface area contributed by atoms with Crippen molar-refractivity contribution in [2.24, 2.45) is 28.6 Å². The molecule has 1 unspecified atom stereocenters. The standard InChI is InChI=1S/C36H61N5O7S/c1-10-37-30(44)27(42)24(17-16-22-14-15-22)38-29(43)26-25-23(35(25,8)9)20-41(26)31(45)28(33(2,3)4)39-32(46)40-36(18-12-11-13-19-36)21-49(47,48)34(5,6)7/h22-26,28H,10-21H2,1-9H3,(H,37,44)(H,38,43)(H2,39,40,46)/t23-,24?,25-,26-,28+/m0/s1. The SMILES string of the molecule is CCNC(=O)C(=O)C(CCC1CC1)NC(=O)[C@@H]1[C@@H]2[C@H](CN1C(=O)[C@@H](NC(=O)NC1(CS(=O)(=O)C(C)(C)C)CCCCC1)C(C)(C)C)C2(C)C. The fraction of sp³-hybridized carbons (Fsp3) is 0.861. The van der Waals surface area contributed by atoms with Crippen LogP contribution in [0.3, 0.4) is 0 Å². The van der Waals surface area contributed by atoms with Crippen molar-refractivity contribution in [3.63, 3.8) is 0 Å². The van der Waals surface area contributed by atoms with Gasteiger partial charge >= 0.3 is 6.03 Å². The number of likely N-dealkylation sites (tertiary alicyclic amines) is 1. The lowest BCUT2D eigenvalue weighted by Crippen LogP contribution is -2.64. The van der Waals surface area contributed by atoms with Crippen LogP contribution in [0.15, 0.2) is 0 Å². The minimum atomic E-state index is -3.56. The van der Waals surface area contributed by atoms with E-state index in [2.05, 4.69) is 35.1 Å². The van der Waals surface area contributed by atoms with Crippen LogP contribution in [0.2, 0.25) is 0 Å². The summed E-state index contributed by atoms with van der Waals surface area (Å²) in [4.78, 5) is 69.5. The third-order valence-electron chi connectivity index (χ3n) is 11.5. The Hall–Kier alpha value is -2.70. The molecule has 0 bridgehead atoms. The van der Waals surface area contributed by atoms with Gasteiger partial charge in [0.05, 0.1) is 22.1 Å². The van der Waals surface area contributed by atoms with Crippen LogP contribution in [0, 0.1) is 28.6 Å². The maximum Gasteiger partial charge on any atom is 0.315 e. The van der Waals surface area contributed by atoms with Crippen molar-refractivity contribution in [3.05, 3.63) is 0 Å². The molecule has 1 aliphatic heterocycles. The highest BCUT2D eigenvalue weighted by atomic mass is 32.2. The van der Waals surface area contributed by atoms with Crippen LogP contribution < -0.4 is 21.3 Å². The highest BCUT2D eigenvalue weighted by Gasteiger charge is 2.70. The number of Topliss-reactive ketones (excluding diaryl/α,β-unsaturated/α-hetero) is 1. The zero-order chi connectivity index (χ0) is 36.7. The molecule has 278 valence electrons. The van der Waals surface area contributed by atoms with Gasteiger partial charge in [-0.2, -0.15) is 0 Å². The van der Waals surface area contributed by atoms with Gasteiger partial charge < -0.3 is 26.2 Å². The smallest absolute Gasteiger partial charge is 0.315 e. The number of urea groups is 1. The first kappa shape index (κ1) is 39.1. The third-order valence-corrected chi connectivity index (χ3v) is 14.3. The van der Waals surface area contributed by atoms with Crippen LogP contribution >= 0.6 is 0 Å². The van der Waals surface area contributed by atoms with Crippen LogP contribution in [0.1, 0.15) is 120 Å². The van der Waals surface area contributed by atoms with Gasteiger partial charge in [0.1, 0.15) is 12.1 Å². The van der Waals surface area contributed by atoms with E-state index >= 15 is 0 Å². The Morgan fingerprint density at radius 2 is 1.53 bits per heavy atom. The summed E-state index contributed by atoms with van der Waals surface area (Å²) in [6.45, 7) is 17.0. The minimum Gasteiger partial charge on any atom is -0.350 e. The average molecular weight is 708 g/mol. The van der Waals surface area contributed by atoms with Crippen LogP contribution in [-0.4, -0.2) is 90.1 Å². The number of nitrogens with zero attached hydrogens (tertiary/aromatic N) is 1. The van der Waals surface area contributed by atoms with E-state index in [1.165, 1.54) is 0 Å². The Labute approximate surface area is 293 Å². The monoisotopic (exact) mass is 707 g/mol. The highest BCUT2D eigenvalue weighted by molar-refractivity contribution is 7.92. The second kappa shape index (κ2) is 14.1. The van der Waals surface area contributed by atoms with Gasteiger partial charge in [0, 0.05) is 13.1 Å². The minimum absolute atomic E-state index is 0.0683. The van der Waals surface area contributed by atoms with Crippen molar-refractivity contribution < 1.29 is 32.4 Å². The second-order valence-corrected chi connectivity index (χ2v) is 20.5. The van der Waals surface area contributed by atoms with Crippen molar-refractivity contribution in [2.75, 3.05) is 18.8 Å². The van der Waals surface area contributed by atoms with E-state index in [0.29, 0.717) is 38.3 Å².